The van der Waals surface area contributed by atoms with E-state index in [-0.39, 0.29) is 5.41 Å². The lowest BCUT2D eigenvalue weighted by molar-refractivity contribution is 0.0906. The van der Waals surface area contributed by atoms with E-state index in [1.165, 1.54) is 12.0 Å². The molecule has 0 aromatic carbocycles. The van der Waals surface area contributed by atoms with Crippen molar-refractivity contribution in [1.29, 1.82) is 0 Å². The third-order valence-electron chi connectivity index (χ3n) is 4.56. The van der Waals surface area contributed by atoms with E-state index in [9.17, 15) is 0 Å². The van der Waals surface area contributed by atoms with E-state index in [0.29, 0.717) is 6.04 Å². The highest BCUT2D eigenvalue weighted by molar-refractivity contribution is 7.10. The maximum Gasteiger partial charge on any atom is 0.0547 e. The summed E-state index contributed by atoms with van der Waals surface area (Å²) in [7, 11) is 0. The van der Waals surface area contributed by atoms with Crippen molar-refractivity contribution in [1.82, 2.24) is 4.90 Å². The van der Waals surface area contributed by atoms with Crippen molar-refractivity contribution in [3.05, 3.63) is 21.9 Å². The monoisotopic (exact) mass is 266 g/mol. The van der Waals surface area contributed by atoms with Crippen LogP contribution in [0.15, 0.2) is 11.4 Å². The van der Waals surface area contributed by atoms with Crippen LogP contribution in [0.1, 0.15) is 29.8 Å². The fourth-order valence-corrected chi connectivity index (χ4v) is 4.17. The quantitative estimate of drug-likeness (QED) is 0.910. The molecule has 2 aliphatic heterocycles. The van der Waals surface area contributed by atoms with Crippen LogP contribution in [0.3, 0.4) is 0 Å². The number of rotatable bonds is 3. The first-order chi connectivity index (χ1) is 8.74. The van der Waals surface area contributed by atoms with Crippen molar-refractivity contribution >= 4 is 11.3 Å². The van der Waals surface area contributed by atoms with Crippen LogP contribution in [-0.4, -0.2) is 37.7 Å². The SMILES string of the molecule is CC1c2ccsc2CCN1CC1(CN)CCOC1. The molecule has 0 aliphatic carbocycles. The fourth-order valence-electron chi connectivity index (χ4n) is 3.21. The molecular formula is C14H22N2OS. The zero-order chi connectivity index (χ0) is 12.6. The van der Waals surface area contributed by atoms with Crippen LogP contribution in [-0.2, 0) is 11.2 Å². The Kier molecular flexibility index (Phi) is 3.45. The molecular weight excluding hydrogens is 244 g/mol. The van der Waals surface area contributed by atoms with Crippen molar-refractivity contribution in [3.8, 4) is 0 Å². The van der Waals surface area contributed by atoms with Crippen molar-refractivity contribution < 1.29 is 4.74 Å². The van der Waals surface area contributed by atoms with Crippen LogP contribution in [0.25, 0.3) is 0 Å². The van der Waals surface area contributed by atoms with Gasteiger partial charge in [0.15, 0.2) is 0 Å². The van der Waals surface area contributed by atoms with Gasteiger partial charge in [-0.05, 0) is 36.8 Å². The average molecular weight is 266 g/mol. The minimum absolute atomic E-state index is 0.196. The van der Waals surface area contributed by atoms with Gasteiger partial charge < -0.3 is 10.5 Å². The highest BCUT2D eigenvalue weighted by Gasteiger charge is 2.37. The lowest BCUT2D eigenvalue weighted by Crippen LogP contribution is -2.46. The number of nitrogens with two attached hydrogens (primary N) is 1. The fraction of sp³-hybridized carbons (Fsp3) is 0.714. The van der Waals surface area contributed by atoms with E-state index in [4.69, 9.17) is 10.5 Å². The Bertz CT molecular complexity index is 412. The summed E-state index contributed by atoms with van der Waals surface area (Å²) < 4.78 is 5.58. The molecule has 1 aromatic rings. The Labute approximate surface area is 113 Å². The van der Waals surface area contributed by atoms with Crippen LogP contribution < -0.4 is 5.73 Å². The Hall–Kier alpha value is -0.420. The molecule has 2 unspecified atom stereocenters. The molecule has 3 rings (SSSR count). The van der Waals surface area contributed by atoms with Gasteiger partial charge in [0.25, 0.3) is 0 Å². The number of ether oxygens (including phenoxy) is 1. The molecule has 0 spiro atoms. The summed E-state index contributed by atoms with van der Waals surface area (Å²) in [5, 5.41) is 2.22. The molecule has 0 saturated carbocycles. The largest absolute Gasteiger partial charge is 0.381 e. The van der Waals surface area contributed by atoms with Gasteiger partial charge in [-0.1, -0.05) is 0 Å². The van der Waals surface area contributed by atoms with Gasteiger partial charge in [-0.2, -0.15) is 0 Å². The van der Waals surface area contributed by atoms with Crippen molar-refractivity contribution in [2.75, 3.05) is 32.8 Å². The Morgan fingerprint density at radius 3 is 3.22 bits per heavy atom. The molecule has 0 radical (unpaired) electrons. The number of thiophene rings is 1. The molecule has 0 bridgehead atoms. The highest BCUT2D eigenvalue weighted by Crippen LogP contribution is 2.36. The molecule has 3 heterocycles. The normalized spacial score (nSPS) is 32.7. The Balaban J connectivity index is 1.74. The summed E-state index contributed by atoms with van der Waals surface area (Å²) in [6, 6.07) is 2.82. The van der Waals surface area contributed by atoms with Crippen LogP contribution in [0, 0.1) is 5.41 Å². The maximum absolute atomic E-state index is 6.00. The summed E-state index contributed by atoms with van der Waals surface area (Å²) in [5.74, 6) is 0. The van der Waals surface area contributed by atoms with E-state index in [2.05, 4.69) is 23.3 Å². The van der Waals surface area contributed by atoms with Crippen LogP contribution in [0.4, 0.5) is 0 Å². The molecule has 1 saturated heterocycles. The van der Waals surface area contributed by atoms with Crippen LogP contribution in [0.5, 0.6) is 0 Å². The smallest absolute Gasteiger partial charge is 0.0547 e. The minimum Gasteiger partial charge on any atom is -0.381 e. The van der Waals surface area contributed by atoms with E-state index < -0.39 is 0 Å². The number of hydrogen-bond donors (Lipinski definition) is 1. The molecule has 4 heteroatoms. The molecule has 1 aromatic heterocycles. The average Bonchev–Trinajstić information content (AvgIpc) is 3.03. The van der Waals surface area contributed by atoms with Gasteiger partial charge >= 0.3 is 0 Å². The number of hydrogen-bond acceptors (Lipinski definition) is 4. The Morgan fingerprint density at radius 1 is 1.61 bits per heavy atom. The zero-order valence-corrected chi connectivity index (χ0v) is 11.8. The first-order valence-corrected chi connectivity index (χ1v) is 7.70. The molecule has 3 nitrogen and oxygen atoms in total. The molecule has 2 aliphatic rings. The number of nitrogens with zero attached hydrogens (tertiary/aromatic N) is 1. The lowest BCUT2D eigenvalue weighted by Gasteiger charge is -2.39. The summed E-state index contributed by atoms with van der Waals surface area (Å²) in [6.45, 7) is 7.03. The summed E-state index contributed by atoms with van der Waals surface area (Å²) >= 11 is 1.90. The van der Waals surface area contributed by atoms with Gasteiger partial charge in [0.1, 0.15) is 0 Å². The maximum atomic E-state index is 6.00. The van der Waals surface area contributed by atoms with Crippen LogP contribution >= 0.6 is 11.3 Å². The van der Waals surface area contributed by atoms with Crippen molar-refractivity contribution in [2.24, 2.45) is 11.1 Å². The molecule has 2 atom stereocenters. The van der Waals surface area contributed by atoms with Crippen molar-refractivity contribution in [2.45, 2.75) is 25.8 Å². The number of fused-ring (bicyclic) bond motifs is 1. The van der Waals surface area contributed by atoms with E-state index in [0.717, 1.165) is 39.3 Å². The third-order valence-corrected chi connectivity index (χ3v) is 5.56. The van der Waals surface area contributed by atoms with Gasteiger partial charge in [-0.15, -0.1) is 11.3 Å². The molecule has 0 amide bonds. The summed E-state index contributed by atoms with van der Waals surface area (Å²) in [5.41, 5.74) is 7.72. The van der Waals surface area contributed by atoms with Gasteiger partial charge in [-0.25, -0.2) is 0 Å². The van der Waals surface area contributed by atoms with Gasteiger partial charge in [0.2, 0.25) is 0 Å². The van der Waals surface area contributed by atoms with E-state index in [1.807, 2.05) is 11.3 Å². The first kappa shape index (κ1) is 12.6. The van der Waals surface area contributed by atoms with Gasteiger partial charge in [0.05, 0.1) is 6.61 Å². The highest BCUT2D eigenvalue weighted by atomic mass is 32.1. The van der Waals surface area contributed by atoms with Gasteiger partial charge in [-0.3, -0.25) is 4.90 Å². The molecule has 100 valence electrons. The molecule has 1 fully saturated rings. The predicted octanol–water partition coefficient (Wildman–Crippen LogP) is 2.03. The molecule has 2 N–H and O–H groups in total. The minimum atomic E-state index is 0.196. The first-order valence-electron chi connectivity index (χ1n) is 6.82. The third kappa shape index (κ3) is 2.11. The van der Waals surface area contributed by atoms with Crippen molar-refractivity contribution in [3.63, 3.8) is 0 Å². The Morgan fingerprint density at radius 2 is 2.50 bits per heavy atom. The van der Waals surface area contributed by atoms with Crippen LogP contribution in [0.2, 0.25) is 0 Å². The topological polar surface area (TPSA) is 38.5 Å². The van der Waals surface area contributed by atoms with Gasteiger partial charge in [0, 0.05) is 42.6 Å². The second kappa shape index (κ2) is 4.93. The second-order valence-electron chi connectivity index (χ2n) is 5.70. The predicted molar refractivity (Wildman–Crippen MR) is 74.9 cm³/mol. The lowest BCUT2D eigenvalue weighted by atomic mass is 9.85. The van der Waals surface area contributed by atoms with E-state index >= 15 is 0 Å². The zero-order valence-electron chi connectivity index (χ0n) is 11.0. The summed E-state index contributed by atoms with van der Waals surface area (Å²) in [6.07, 6.45) is 2.31. The van der Waals surface area contributed by atoms with E-state index in [1.54, 1.807) is 4.88 Å². The molecule has 18 heavy (non-hydrogen) atoms. The standard InChI is InChI=1S/C14H22N2OS/c1-11-12-3-7-18-13(12)2-5-16(11)9-14(8-15)4-6-17-10-14/h3,7,11H,2,4-6,8-10,15H2,1H3. The summed E-state index contributed by atoms with van der Waals surface area (Å²) in [4.78, 5) is 4.17. The second-order valence-corrected chi connectivity index (χ2v) is 6.70.